The monoisotopic (exact) mass is 143 g/mol. The molecule has 2 heteroatoms. The molecule has 60 valence electrons. The van der Waals surface area contributed by atoms with Gasteiger partial charge in [-0.05, 0) is 45.2 Å². The average molecular weight is 143 g/mol. The summed E-state index contributed by atoms with van der Waals surface area (Å²) in [7, 11) is 0. The molecule has 0 radical (unpaired) electrons. The van der Waals surface area contributed by atoms with Crippen molar-refractivity contribution in [2.75, 3.05) is 13.1 Å². The molecule has 0 spiro atoms. The highest BCUT2D eigenvalue weighted by atomic mass is 16.3. The second-order valence-electron chi connectivity index (χ2n) is 3.18. The normalized spacial score (nSPS) is 31.2. The molecule has 1 saturated heterocycles. The Morgan fingerprint density at radius 3 is 2.90 bits per heavy atom. The van der Waals surface area contributed by atoms with Crippen LogP contribution in [-0.2, 0) is 0 Å². The van der Waals surface area contributed by atoms with E-state index in [2.05, 4.69) is 5.32 Å². The van der Waals surface area contributed by atoms with Gasteiger partial charge in [-0.1, -0.05) is 0 Å². The van der Waals surface area contributed by atoms with E-state index in [4.69, 9.17) is 0 Å². The Balaban J connectivity index is 2.28. The standard InChI is InChI=1S/C8H17NO/c1-7(10)8-3-2-5-9-6-4-8/h7-10H,2-6H2,1H3. The number of rotatable bonds is 1. The summed E-state index contributed by atoms with van der Waals surface area (Å²) in [6.45, 7) is 4.11. The van der Waals surface area contributed by atoms with Gasteiger partial charge in [0.25, 0.3) is 0 Å². The van der Waals surface area contributed by atoms with Crippen molar-refractivity contribution >= 4 is 0 Å². The lowest BCUT2D eigenvalue weighted by atomic mass is 9.96. The topological polar surface area (TPSA) is 32.3 Å². The second kappa shape index (κ2) is 3.94. The molecule has 0 aromatic heterocycles. The van der Waals surface area contributed by atoms with Crippen LogP contribution < -0.4 is 5.32 Å². The van der Waals surface area contributed by atoms with Crippen molar-refractivity contribution in [2.24, 2.45) is 5.92 Å². The molecule has 0 saturated carbocycles. The van der Waals surface area contributed by atoms with Gasteiger partial charge in [0.1, 0.15) is 0 Å². The fourth-order valence-corrected chi connectivity index (χ4v) is 1.53. The van der Waals surface area contributed by atoms with Gasteiger partial charge < -0.3 is 10.4 Å². The highest BCUT2D eigenvalue weighted by molar-refractivity contribution is 4.70. The number of hydrogen-bond donors (Lipinski definition) is 2. The Labute approximate surface area is 62.6 Å². The molecule has 0 aromatic rings. The molecule has 2 unspecified atom stereocenters. The Morgan fingerprint density at radius 1 is 1.40 bits per heavy atom. The summed E-state index contributed by atoms with van der Waals surface area (Å²) in [4.78, 5) is 0. The van der Waals surface area contributed by atoms with Crippen LogP contribution in [0.15, 0.2) is 0 Å². The van der Waals surface area contributed by atoms with Crippen molar-refractivity contribution in [3.63, 3.8) is 0 Å². The van der Waals surface area contributed by atoms with Crippen molar-refractivity contribution < 1.29 is 5.11 Å². The summed E-state index contributed by atoms with van der Waals surface area (Å²) in [5, 5.41) is 12.6. The molecular weight excluding hydrogens is 126 g/mol. The summed E-state index contributed by atoms with van der Waals surface area (Å²) < 4.78 is 0. The van der Waals surface area contributed by atoms with Gasteiger partial charge in [0, 0.05) is 0 Å². The smallest absolute Gasteiger partial charge is 0.0540 e. The van der Waals surface area contributed by atoms with Gasteiger partial charge in [-0.2, -0.15) is 0 Å². The molecule has 10 heavy (non-hydrogen) atoms. The van der Waals surface area contributed by atoms with E-state index in [0.717, 1.165) is 19.5 Å². The fourth-order valence-electron chi connectivity index (χ4n) is 1.53. The molecule has 2 atom stereocenters. The lowest BCUT2D eigenvalue weighted by Crippen LogP contribution is -2.18. The quantitative estimate of drug-likeness (QED) is 0.568. The van der Waals surface area contributed by atoms with Crippen LogP contribution in [0.2, 0.25) is 0 Å². The van der Waals surface area contributed by atoms with Crippen LogP contribution in [0.4, 0.5) is 0 Å². The van der Waals surface area contributed by atoms with Crippen LogP contribution in [0.3, 0.4) is 0 Å². The van der Waals surface area contributed by atoms with E-state index in [9.17, 15) is 5.11 Å². The first-order valence-corrected chi connectivity index (χ1v) is 4.19. The van der Waals surface area contributed by atoms with Crippen molar-refractivity contribution in [2.45, 2.75) is 32.3 Å². The summed E-state index contributed by atoms with van der Waals surface area (Å²) in [6.07, 6.45) is 3.43. The van der Waals surface area contributed by atoms with E-state index in [0.29, 0.717) is 5.92 Å². The molecule has 1 aliphatic heterocycles. The minimum Gasteiger partial charge on any atom is -0.393 e. The summed E-state index contributed by atoms with van der Waals surface area (Å²) in [5.41, 5.74) is 0. The first kappa shape index (κ1) is 8.02. The van der Waals surface area contributed by atoms with E-state index in [1.807, 2.05) is 6.92 Å². The van der Waals surface area contributed by atoms with Crippen molar-refractivity contribution in [3.8, 4) is 0 Å². The van der Waals surface area contributed by atoms with E-state index >= 15 is 0 Å². The zero-order chi connectivity index (χ0) is 7.40. The van der Waals surface area contributed by atoms with Crippen molar-refractivity contribution in [3.05, 3.63) is 0 Å². The largest absolute Gasteiger partial charge is 0.393 e. The Kier molecular flexibility index (Phi) is 3.16. The maximum absolute atomic E-state index is 9.27. The van der Waals surface area contributed by atoms with Gasteiger partial charge in [0.2, 0.25) is 0 Å². The van der Waals surface area contributed by atoms with Crippen molar-refractivity contribution in [1.29, 1.82) is 0 Å². The Hall–Kier alpha value is -0.0800. The van der Waals surface area contributed by atoms with Crippen LogP contribution in [0, 0.1) is 5.92 Å². The summed E-state index contributed by atoms with van der Waals surface area (Å²) in [6, 6.07) is 0. The average Bonchev–Trinajstić information content (AvgIpc) is 2.12. The zero-order valence-electron chi connectivity index (χ0n) is 6.64. The third-order valence-corrected chi connectivity index (χ3v) is 2.30. The first-order chi connectivity index (χ1) is 4.80. The summed E-state index contributed by atoms with van der Waals surface area (Å²) in [5.74, 6) is 0.537. The molecule has 1 heterocycles. The minimum atomic E-state index is -0.111. The molecule has 0 amide bonds. The highest BCUT2D eigenvalue weighted by Crippen LogP contribution is 2.16. The molecule has 2 nitrogen and oxygen atoms in total. The third kappa shape index (κ3) is 2.27. The minimum absolute atomic E-state index is 0.111. The van der Waals surface area contributed by atoms with Gasteiger partial charge in [-0.15, -0.1) is 0 Å². The van der Waals surface area contributed by atoms with E-state index in [-0.39, 0.29) is 6.10 Å². The van der Waals surface area contributed by atoms with Crippen LogP contribution >= 0.6 is 0 Å². The van der Waals surface area contributed by atoms with Gasteiger partial charge in [0.05, 0.1) is 6.10 Å². The number of nitrogens with one attached hydrogen (secondary N) is 1. The second-order valence-corrected chi connectivity index (χ2v) is 3.18. The van der Waals surface area contributed by atoms with Crippen LogP contribution in [0.25, 0.3) is 0 Å². The van der Waals surface area contributed by atoms with Crippen LogP contribution in [0.1, 0.15) is 26.2 Å². The van der Waals surface area contributed by atoms with Crippen LogP contribution in [0.5, 0.6) is 0 Å². The number of aliphatic hydroxyl groups is 1. The Morgan fingerprint density at radius 2 is 2.20 bits per heavy atom. The Bertz CT molecular complexity index is 85.3. The fraction of sp³-hybridized carbons (Fsp3) is 1.00. The molecule has 0 bridgehead atoms. The predicted octanol–water partition coefficient (Wildman–Crippen LogP) is 0.757. The van der Waals surface area contributed by atoms with Gasteiger partial charge in [-0.3, -0.25) is 0 Å². The van der Waals surface area contributed by atoms with Gasteiger partial charge in [-0.25, -0.2) is 0 Å². The molecule has 0 aromatic carbocycles. The van der Waals surface area contributed by atoms with Gasteiger partial charge >= 0.3 is 0 Å². The number of hydrogen-bond acceptors (Lipinski definition) is 2. The molecule has 0 aliphatic carbocycles. The van der Waals surface area contributed by atoms with E-state index in [1.165, 1.54) is 12.8 Å². The first-order valence-electron chi connectivity index (χ1n) is 4.19. The lowest BCUT2D eigenvalue weighted by molar-refractivity contribution is 0.118. The third-order valence-electron chi connectivity index (χ3n) is 2.30. The molecule has 1 fully saturated rings. The zero-order valence-corrected chi connectivity index (χ0v) is 6.64. The molecule has 1 aliphatic rings. The van der Waals surface area contributed by atoms with E-state index < -0.39 is 0 Å². The predicted molar refractivity (Wildman–Crippen MR) is 41.9 cm³/mol. The summed E-state index contributed by atoms with van der Waals surface area (Å²) >= 11 is 0. The SMILES string of the molecule is CC(O)C1CCCNCC1. The molecular formula is C8H17NO. The molecule has 1 rings (SSSR count). The maximum atomic E-state index is 9.27. The highest BCUT2D eigenvalue weighted by Gasteiger charge is 2.15. The number of aliphatic hydroxyl groups excluding tert-OH is 1. The van der Waals surface area contributed by atoms with Crippen molar-refractivity contribution in [1.82, 2.24) is 5.32 Å². The van der Waals surface area contributed by atoms with Crippen LogP contribution in [-0.4, -0.2) is 24.3 Å². The molecule has 2 N–H and O–H groups in total. The maximum Gasteiger partial charge on any atom is 0.0540 e. The van der Waals surface area contributed by atoms with Gasteiger partial charge in [0.15, 0.2) is 0 Å². The lowest BCUT2D eigenvalue weighted by Gasteiger charge is -2.15. The van der Waals surface area contributed by atoms with E-state index in [1.54, 1.807) is 0 Å².